The molecular formula is C21H28N2O3S. The van der Waals surface area contributed by atoms with Gasteiger partial charge in [0.05, 0.1) is 11.7 Å². The Morgan fingerprint density at radius 3 is 2.26 bits per heavy atom. The molecular weight excluding hydrogens is 360 g/mol. The smallest absolute Gasteiger partial charge is 0.233 e. The molecule has 0 radical (unpaired) electrons. The van der Waals surface area contributed by atoms with Crippen LogP contribution in [-0.4, -0.2) is 26.6 Å². The predicted octanol–water partition coefficient (Wildman–Crippen LogP) is 3.68. The van der Waals surface area contributed by atoms with Crippen LogP contribution in [0.2, 0.25) is 0 Å². The van der Waals surface area contributed by atoms with Crippen molar-refractivity contribution in [3.8, 4) is 0 Å². The lowest BCUT2D eigenvalue weighted by Crippen LogP contribution is -2.35. The minimum absolute atomic E-state index is 0.246. The number of anilines is 1. The van der Waals surface area contributed by atoms with E-state index in [-0.39, 0.29) is 11.7 Å². The quantitative estimate of drug-likeness (QED) is 0.688. The third-order valence-electron chi connectivity index (χ3n) is 4.49. The van der Waals surface area contributed by atoms with E-state index >= 15 is 0 Å². The van der Waals surface area contributed by atoms with Crippen LogP contribution in [0.15, 0.2) is 54.6 Å². The van der Waals surface area contributed by atoms with Crippen LogP contribution in [0.5, 0.6) is 0 Å². The van der Waals surface area contributed by atoms with E-state index in [0.29, 0.717) is 18.2 Å². The van der Waals surface area contributed by atoms with Gasteiger partial charge < -0.3 is 5.32 Å². The summed E-state index contributed by atoms with van der Waals surface area (Å²) in [6.45, 7) is 6.19. The van der Waals surface area contributed by atoms with Crippen molar-refractivity contribution in [1.29, 1.82) is 0 Å². The number of hydrogen-bond donors (Lipinski definition) is 2. The maximum Gasteiger partial charge on any atom is 0.233 e. The van der Waals surface area contributed by atoms with Crippen LogP contribution in [0.3, 0.4) is 0 Å². The number of rotatable bonds is 9. The summed E-state index contributed by atoms with van der Waals surface area (Å²) in [6, 6.07) is 17.2. The number of aryl methyl sites for hydroxylation is 1. The summed E-state index contributed by atoms with van der Waals surface area (Å²) >= 11 is 0. The lowest BCUT2D eigenvalue weighted by molar-refractivity contribution is -0.123. The van der Waals surface area contributed by atoms with Crippen molar-refractivity contribution in [2.75, 3.05) is 17.0 Å². The van der Waals surface area contributed by atoms with Gasteiger partial charge in [-0.2, -0.15) is 0 Å². The van der Waals surface area contributed by atoms with Gasteiger partial charge in [0.25, 0.3) is 0 Å². The highest BCUT2D eigenvalue weighted by molar-refractivity contribution is 7.92. The van der Waals surface area contributed by atoms with Gasteiger partial charge in [0.15, 0.2) is 0 Å². The van der Waals surface area contributed by atoms with Gasteiger partial charge in [0.1, 0.15) is 0 Å². The molecule has 0 fully saturated rings. The van der Waals surface area contributed by atoms with Gasteiger partial charge in [-0.15, -0.1) is 0 Å². The molecule has 27 heavy (non-hydrogen) atoms. The summed E-state index contributed by atoms with van der Waals surface area (Å²) in [5.41, 5.74) is 2.78. The topological polar surface area (TPSA) is 75.3 Å². The van der Waals surface area contributed by atoms with Gasteiger partial charge in [-0.05, 0) is 37.0 Å². The van der Waals surface area contributed by atoms with Crippen molar-refractivity contribution in [2.24, 2.45) is 5.92 Å². The Hall–Kier alpha value is -2.34. The van der Waals surface area contributed by atoms with Crippen molar-refractivity contribution in [3.05, 3.63) is 65.7 Å². The monoisotopic (exact) mass is 388 g/mol. The predicted molar refractivity (Wildman–Crippen MR) is 110 cm³/mol. The minimum atomic E-state index is -3.59. The fraction of sp³-hybridized carbons (Fsp3) is 0.381. The number of hydrogen-bond acceptors (Lipinski definition) is 3. The van der Waals surface area contributed by atoms with Crippen molar-refractivity contribution in [3.63, 3.8) is 0 Å². The van der Waals surface area contributed by atoms with Crippen LogP contribution in [0.4, 0.5) is 5.69 Å². The summed E-state index contributed by atoms with van der Waals surface area (Å²) in [5.74, 6) is -0.792. The molecule has 0 saturated carbocycles. The zero-order valence-corrected chi connectivity index (χ0v) is 16.9. The molecule has 0 heterocycles. The highest BCUT2D eigenvalue weighted by Gasteiger charge is 2.21. The highest BCUT2D eigenvalue weighted by atomic mass is 32.2. The molecule has 0 aliphatic heterocycles. The normalized spacial score (nSPS) is 13.6. The van der Waals surface area contributed by atoms with Crippen molar-refractivity contribution < 1.29 is 13.2 Å². The van der Waals surface area contributed by atoms with Gasteiger partial charge in [-0.1, -0.05) is 61.9 Å². The molecule has 6 heteroatoms. The van der Waals surface area contributed by atoms with E-state index in [1.165, 1.54) is 5.56 Å². The second kappa shape index (κ2) is 9.55. The van der Waals surface area contributed by atoms with E-state index in [0.717, 1.165) is 12.0 Å². The first-order chi connectivity index (χ1) is 12.8. The molecule has 0 spiro atoms. The maximum atomic E-state index is 12.3. The summed E-state index contributed by atoms with van der Waals surface area (Å²) in [6.07, 6.45) is 0.802. The molecule has 0 aromatic heterocycles. The molecule has 5 nitrogen and oxygen atoms in total. The Labute approximate surface area is 162 Å². The van der Waals surface area contributed by atoms with E-state index in [1.54, 1.807) is 19.1 Å². The number of sulfonamides is 1. The van der Waals surface area contributed by atoms with E-state index in [1.807, 2.05) is 37.3 Å². The first kappa shape index (κ1) is 21.0. The average molecular weight is 389 g/mol. The van der Waals surface area contributed by atoms with Crippen LogP contribution >= 0.6 is 0 Å². The zero-order valence-electron chi connectivity index (χ0n) is 16.1. The first-order valence-electron chi connectivity index (χ1n) is 9.16. The first-order valence-corrected chi connectivity index (χ1v) is 10.8. The van der Waals surface area contributed by atoms with Crippen LogP contribution in [0.25, 0.3) is 0 Å². The number of benzene rings is 2. The Kier molecular flexibility index (Phi) is 7.42. The Morgan fingerprint density at radius 2 is 1.63 bits per heavy atom. The molecule has 0 bridgehead atoms. The summed E-state index contributed by atoms with van der Waals surface area (Å²) in [7, 11) is -3.59. The van der Waals surface area contributed by atoms with Crippen LogP contribution < -0.4 is 10.0 Å². The molecule has 2 aromatic rings. The van der Waals surface area contributed by atoms with Gasteiger partial charge in [-0.25, -0.2) is 8.42 Å². The third kappa shape index (κ3) is 7.06. The molecule has 2 rings (SSSR count). The van der Waals surface area contributed by atoms with Crippen LogP contribution in [0, 0.1) is 12.8 Å². The Balaban J connectivity index is 1.79. The summed E-state index contributed by atoms with van der Waals surface area (Å²) in [4.78, 5) is 12.2. The van der Waals surface area contributed by atoms with E-state index in [2.05, 4.69) is 29.1 Å². The van der Waals surface area contributed by atoms with Gasteiger partial charge >= 0.3 is 0 Å². The largest absolute Gasteiger partial charge is 0.356 e. The van der Waals surface area contributed by atoms with Crippen molar-refractivity contribution in [2.45, 2.75) is 33.1 Å². The summed E-state index contributed by atoms with van der Waals surface area (Å²) < 4.78 is 27.1. The molecule has 2 atom stereocenters. The third-order valence-corrected chi connectivity index (χ3v) is 5.97. The lowest BCUT2D eigenvalue weighted by Gasteiger charge is -2.16. The number of carbonyl (C=O) groups is 1. The van der Waals surface area contributed by atoms with Crippen molar-refractivity contribution >= 4 is 21.6 Å². The zero-order chi connectivity index (χ0) is 19.9. The molecule has 2 N–H and O–H groups in total. The van der Waals surface area contributed by atoms with Gasteiger partial charge in [0.2, 0.25) is 15.9 Å². The van der Waals surface area contributed by atoms with Crippen LogP contribution in [0.1, 0.15) is 37.3 Å². The number of nitrogens with one attached hydrogen (secondary N) is 2. The highest BCUT2D eigenvalue weighted by Crippen LogP contribution is 2.17. The molecule has 0 aliphatic rings. The molecule has 0 saturated heterocycles. The average Bonchev–Trinajstić information content (AvgIpc) is 2.63. The molecule has 0 aliphatic carbocycles. The van der Waals surface area contributed by atoms with Crippen LogP contribution in [-0.2, 0) is 14.8 Å². The summed E-state index contributed by atoms with van der Waals surface area (Å²) in [5, 5.41) is 2.85. The van der Waals surface area contributed by atoms with Crippen molar-refractivity contribution in [1.82, 2.24) is 5.32 Å². The SMILES string of the molecule is Cc1ccc(NS(=O)(=O)CC(C)C(=O)NCCC(C)c2ccccc2)cc1. The van der Waals surface area contributed by atoms with Gasteiger partial charge in [0, 0.05) is 12.2 Å². The molecule has 2 unspecified atom stereocenters. The number of carbonyl (C=O) groups excluding carboxylic acids is 1. The molecule has 146 valence electrons. The minimum Gasteiger partial charge on any atom is -0.356 e. The molecule has 2 aromatic carbocycles. The fourth-order valence-corrected chi connectivity index (χ4v) is 4.17. The second-order valence-electron chi connectivity index (χ2n) is 7.04. The molecule has 1 amide bonds. The maximum absolute atomic E-state index is 12.3. The number of amides is 1. The van der Waals surface area contributed by atoms with E-state index in [9.17, 15) is 13.2 Å². The van der Waals surface area contributed by atoms with E-state index < -0.39 is 15.9 Å². The Morgan fingerprint density at radius 1 is 1.00 bits per heavy atom. The lowest BCUT2D eigenvalue weighted by atomic mass is 9.98. The second-order valence-corrected chi connectivity index (χ2v) is 8.81. The fourth-order valence-electron chi connectivity index (χ4n) is 2.78. The Bertz CT molecular complexity index is 833. The van der Waals surface area contributed by atoms with E-state index in [4.69, 9.17) is 0 Å². The standard InChI is InChI=1S/C21H28N2O3S/c1-16-9-11-20(12-10-16)23-27(25,26)15-18(3)21(24)22-14-13-17(2)19-7-5-4-6-8-19/h4-12,17-18,23H,13-15H2,1-3H3,(H,22,24). The van der Waals surface area contributed by atoms with Gasteiger partial charge in [-0.3, -0.25) is 9.52 Å².